The fourth-order valence-corrected chi connectivity index (χ4v) is 2.89. The van der Waals surface area contributed by atoms with Crippen LogP contribution < -0.4 is 5.32 Å². The van der Waals surface area contributed by atoms with Crippen molar-refractivity contribution in [3.05, 3.63) is 65.2 Å². The number of hydrogen-bond donors (Lipinski definition) is 1. The topological polar surface area (TPSA) is 70.0 Å². The molecule has 0 aliphatic heterocycles. The van der Waals surface area contributed by atoms with E-state index in [9.17, 15) is 17.8 Å². The first-order valence-corrected chi connectivity index (χ1v) is 8.05. The maximum absolute atomic E-state index is 13.1. The maximum atomic E-state index is 13.1. The van der Waals surface area contributed by atoms with Gasteiger partial charge in [-0.3, -0.25) is 9.00 Å². The van der Waals surface area contributed by atoms with Gasteiger partial charge in [0.2, 0.25) is 5.91 Å². The molecule has 1 amide bonds. The van der Waals surface area contributed by atoms with Gasteiger partial charge >= 0.3 is 0 Å². The van der Waals surface area contributed by atoms with Crippen LogP contribution in [-0.2, 0) is 21.3 Å². The van der Waals surface area contributed by atoms with E-state index in [0.29, 0.717) is 16.8 Å². The average Bonchev–Trinajstić information content (AvgIpc) is 2.51. The predicted octanol–water partition coefficient (Wildman–Crippen LogP) is 2.72. The molecule has 7 heteroatoms. The molecule has 1 unspecified atom stereocenters. The summed E-state index contributed by atoms with van der Waals surface area (Å²) in [5.74, 6) is -2.81. The molecule has 0 fully saturated rings. The van der Waals surface area contributed by atoms with Gasteiger partial charge in [-0.2, -0.15) is 5.26 Å². The van der Waals surface area contributed by atoms with E-state index in [0.717, 1.165) is 12.1 Å². The number of amides is 1. The smallest absolute Gasteiger partial charge is 0.237 e. The Morgan fingerprint density at radius 3 is 2.65 bits per heavy atom. The molecule has 0 saturated carbocycles. The van der Waals surface area contributed by atoms with E-state index in [1.165, 1.54) is 12.1 Å². The lowest BCUT2D eigenvalue weighted by Gasteiger charge is -2.06. The summed E-state index contributed by atoms with van der Waals surface area (Å²) in [4.78, 5) is 11.8. The fourth-order valence-electron chi connectivity index (χ4n) is 1.88. The number of halogens is 2. The summed E-state index contributed by atoms with van der Waals surface area (Å²) in [5.41, 5.74) is 1.17. The van der Waals surface area contributed by atoms with Crippen molar-refractivity contribution >= 4 is 22.4 Å². The van der Waals surface area contributed by atoms with Gasteiger partial charge in [-0.25, -0.2) is 8.78 Å². The monoisotopic (exact) mass is 334 g/mol. The first-order valence-electron chi connectivity index (χ1n) is 6.57. The van der Waals surface area contributed by atoms with Crippen LogP contribution in [0.25, 0.3) is 0 Å². The lowest BCUT2D eigenvalue weighted by atomic mass is 10.2. The van der Waals surface area contributed by atoms with E-state index >= 15 is 0 Å². The van der Waals surface area contributed by atoms with E-state index in [1.807, 2.05) is 6.07 Å². The molecule has 0 aromatic heterocycles. The second kappa shape index (κ2) is 7.61. The molecule has 2 aromatic rings. The Balaban J connectivity index is 1.93. The molecule has 1 atom stereocenters. The molecule has 0 radical (unpaired) electrons. The van der Waals surface area contributed by atoms with E-state index < -0.39 is 28.3 Å². The SMILES string of the molecule is N#Cc1cccc(NC(=O)CS(=O)Cc2ccc(F)c(F)c2)c1. The largest absolute Gasteiger partial charge is 0.325 e. The number of carbonyl (C=O) groups is 1. The lowest BCUT2D eigenvalue weighted by Crippen LogP contribution is -2.20. The lowest BCUT2D eigenvalue weighted by molar-refractivity contribution is -0.113. The summed E-state index contributed by atoms with van der Waals surface area (Å²) < 4.78 is 37.8. The predicted molar refractivity (Wildman–Crippen MR) is 82.9 cm³/mol. The van der Waals surface area contributed by atoms with Crippen molar-refractivity contribution in [1.29, 1.82) is 5.26 Å². The molecule has 4 nitrogen and oxygen atoms in total. The van der Waals surface area contributed by atoms with Crippen LogP contribution in [0.1, 0.15) is 11.1 Å². The highest BCUT2D eigenvalue weighted by molar-refractivity contribution is 7.84. The van der Waals surface area contributed by atoms with Crippen LogP contribution in [0, 0.1) is 23.0 Å². The summed E-state index contributed by atoms with van der Waals surface area (Å²) in [6.45, 7) is 0. The molecule has 0 heterocycles. The van der Waals surface area contributed by atoms with Crippen LogP contribution >= 0.6 is 0 Å². The van der Waals surface area contributed by atoms with Crippen molar-refractivity contribution in [2.24, 2.45) is 0 Å². The van der Waals surface area contributed by atoms with Crippen LogP contribution in [0.2, 0.25) is 0 Å². The quantitative estimate of drug-likeness (QED) is 0.914. The third-order valence-corrected chi connectivity index (χ3v) is 4.12. The van der Waals surface area contributed by atoms with Crippen LogP contribution in [0.15, 0.2) is 42.5 Å². The highest BCUT2D eigenvalue weighted by Gasteiger charge is 2.11. The Bertz CT molecular complexity index is 803. The first-order chi connectivity index (χ1) is 11.0. The van der Waals surface area contributed by atoms with Gasteiger partial charge in [0.05, 0.1) is 11.6 Å². The van der Waals surface area contributed by atoms with Crippen molar-refractivity contribution in [2.75, 3.05) is 11.1 Å². The molecular weight excluding hydrogens is 322 g/mol. The highest BCUT2D eigenvalue weighted by Crippen LogP contribution is 2.12. The molecule has 118 valence electrons. The van der Waals surface area contributed by atoms with Gasteiger partial charge in [0.25, 0.3) is 0 Å². The van der Waals surface area contributed by atoms with Crippen LogP contribution in [0.4, 0.5) is 14.5 Å². The molecule has 0 bridgehead atoms. The number of rotatable bonds is 5. The van der Waals surface area contributed by atoms with E-state index in [2.05, 4.69) is 5.32 Å². The van der Waals surface area contributed by atoms with Gasteiger partial charge in [-0.05, 0) is 35.9 Å². The van der Waals surface area contributed by atoms with E-state index in [-0.39, 0.29) is 11.5 Å². The maximum Gasteiger partial charge on any atom is 0.237 e. The van der Waals surface area contributed by atoms with Crippen LogP contribution in [0.3, 0.4) is 0 Å². The summed E-state index contributed by atoms with van der Waals surface area (Å²) in [6.07, 6.45) is 0. The van der Waals surface area contributed by atoms with Crippen LogP contribution in [0.5, 0.6) is 0 Å². The number of nitriles is 1. The molecule has 2 rings (SSSR count). The Morgan fingerprint density at radius 1 is 1.17 bits per heavy atom. The Hall–Kier alpha value is -2.59. The minimum Gasteiger partial charge on any atom is -0.325 e. The third-order valence-electron chi connectivity index (χ3n) is 2.88. The second-order valence-corrected chi connectivity index (χ2v) is 6.17. The number of anilines is 1. The van der Waals surface area contributed by atoms with Gasteiger partial charge in [0.1, 0.15) is 5.75 Å². The van der Waals surface area contributed by atoms with Gasteiger partial charge < -0.3 is 5.32 Å². The van der Waals surface area contributed by atoms with Crippen molar-refractivity contribution in [1.82, 2.24) is 0 Å². The standard InChI is InChI=1S/C16H12F2N2O2S/c17-14-5-4-12(7-15(14)18)9-23(22)10-16(21)20-13-3-1-2-11(6-13)8-19/h1-7H,9-10H2,(H,20,21). The Labute approximate surface area is 134 Å². The van der Waals surface area contributed by atoms with Crippen molar-refractivity contribution in [3.8, 4) is 6.07 Å². The number of hydrogen-bond acceptors (Lipinski definition) is 3. The van der Waals surface area contributed by atoms with Gasteiger partial charge in [0, 0.05) is 22.2 Å². The van der Waals surface area contributed by atoms with Gasteiger partial charge in [-0.15, -0.1) is 0 Å². The summed E-state index contributed by atoms with van der Waals surface area (Å²) in [6, 6.07) is 11.5. The second-order valence-electron chi connectivity index (χ2n) is 4.72. The van der Waals surface area contributed by atoms with Gasteiger partial charge in [0.15, 0.2) is 11.6 Å². The zero-order chi connectivity index (χ0) is 16.8. The summed E-state index contributed by atoms with van der Waals surface area (Å²) in [7, 11) is -1.56. The minimum absolute atomic E-state index is 0.0527. The zero-order valence-electron chi connectivity index (χ0n) is 11.9. The third kappa shape index (κ3) is 4.97. The summed E-state index contributed by atoms with van der Waals surface area (Å²) in [5, 5.41) is 11.3. The van der Waals surface area contributed by atoms with Crippen LogP contribution in [-0.4, -0.2) is 15.9 Å². The molecule has 0 aliphatic carbocycles. The number of benzene rings is 2. The highest BCUT2D eigenvalue weighted by atomic mass is 32.2. The van der Waals surface area contributed by atoms with Crippen molar-refractivity contribution in [3.63, 3.8) is 0 Å². The van der Waals surface area contributed by atoms with E-state index in [1.54, 1.807) is 18.2 Å². The molecule has 0 saturated heterocycles. The summed E-state index contributed by atoms with van der Waals surface area (Å²) >= 11 is 0. The number of carbonyl (C=O) groups excluding carboxylic acids is 1. The fraction of sp³-hybridized carbons (Fsp3) is 0.125. The minimum atomic E-state index is -1.56. The Kier molecular flexibility index (Phi) is 5.55. The number of nitrogens with one attached hydrogen (secondary N) is 1. The van der Waals surface area contributed by atoms with Crippen molar-refractivity contribution in [2.45, 2.75) is 5.75 Å². The molecule has 2 aromatic carbocycles. The Morgan fingerprint density at radius 2 is 1.96 bits per heavy atom. The van der Waals surface area contributed by atoms with Crippen molar-refractivity contribution < 1.29 is 17.8 Å². The van der Waals surface area contributed by atoms with Gasteiger partial charge in [-0.1, -0.05) is 12.1 Å². The molecule has 1 N–H and O–H groups in total. The molecule has 0 aliphatic rings. The molecule has 0 spiro atoms. The molecule has 23 heavy (non-hydrogen) atoms. The zero-order valence-corrected chi connectivity index (χ0v) is 12.7. The number of nitrogens with zero attached hydrogens (tertiary/aromatic N) is 1. The normalized spacial score (nSPS) is 11.5. The molecular formula is C16H12F2N2O2S. The first kappa shape index (κ1) is 16.8. The van der Waals surface area contributed by atoms with E-state index in [4.69, 9.17) is 5.26 Å². The average molecular weight is 334 g/mol.